The second-order valence-electron chi connectivity index (χ2n) is 7.08. The van der Waals surface area contributed by atoms with Crippen molar-refractivity contribution in [3.63, 3.8) is 0 Å². The molecule has 0 unspecified atom stereocenters. The molecule has 0 radical (unpaired) electrons. The monoisotopic (exact) mass is 318 g/mol. The van der Waals surface area contributed by atoms with Gasteiger partial charge in [-0.3, -0.25) is 0 Å². The van der Waals surface area contributed by atoms with E-state index in [0.717, 1.165) is 44.9 Å². The van der Waals surface area contributed by atoms with Crippen molar-refractivity contribution in [2.24, 2.45) is 0 Å². The first-order chi connectivity index (χ1) is 11.3. The fourth-order valence-corrected chi connectivity index (χ4v) is 4.13. The van der Waals surface area contributed by atoms with Gasteiger partial charge < -0.3 is 19.3 Å². The van der Waals surface area contributed by atoms with Crippen LogP contribution in [-0.4, -0.2) is 35.5 Å². The minimum absolute atomic E-state index is 0.172. The van der Waals surface area contributed by atoms with E-state index in [1.54, 1.807) is 0 Å². The number of hydrogen-bond acceptors (Lipinski definition) is 4. The summed E-state index contributed by atoms with van der Waals surface area (Å²) in [6, 6.07) is 10.4. The second-order valence-corrected chi connectivity index (χ2v) is 7.08. The SMILES string of the molecule is O[C@@H]1[C@H]2OC3(CCCCC3)O[C@H]2O[C@@H]1CCCc1ccccc1. The van der Waals surface area contributed by atoms with Gasteiger partial charge in [-0.2, -0.15) is 0 Å². The summed E-state index contributed by atoms with van der Waals surface area (Å²) in [5.41, 5.74) is 1.33. The maximum Gasteiger partial charge on any atom is 0.190 e. The molecule has 2 aliphatic heterocycles. The number of rotatable bonds is 4. The lowest BCUT2D eigenvalue weighted by Gasteiger charge is -2.33. The Labute approximate surface area is 137 Å². The summed E-state index contributed by atoms with van der Waals surface area (Å²) in [6.07, 6.45) is 6.77. The summed E-state index contributed by atoms with van der Waals surface area (Å²) >= 11 is 0. The van der Waals surface area contributed by atoms with Crippen molar-refractivity contribution in [2.45, 2.75) is 81.8 Å². The number of aliphatic hydroxyl groups is 1. The third-order valence-electron chi connectivity index (χ3n) is 5.39. The van der Waals surface area contributed by atoms with Crippen molar-refractivity contribution in [2.75, 3.05) is 0 Å². The Balaban J connectivity index is 1.29. The zero-order chi connectivity index (χ0) is 15.7. The van der Waals surface area contributed by atoms with Crippen LogP contribution >= 0.6 is 0 Å². The minimum Gasteiger partial charge on any atom is -0.387 e. The number of ether oxygens (including phenoxy) is 3. The van der Waals surface area contributed by atoms with E-state index >= 15 is 0 Å². The molecule has 2 heterocycles. The fraction of sp³-hybridized carbons (Fsp3) is 0.684. The molecular formula is C19H26O4. The molecular weight excluding hydrogens is 292 g/mol. The molecule has 1 aromatic carbocycles. The van der Waals surface area contributed by atoms with Crippen LogP contribution in [-0.2, 0) is 20.6 Å². The Kier molecular flexibility index (Phi) is 4.41. The number of aliphatic hydroxyl groups excluding tert-OH is 1. The van der Waals surface area contributed by atoms with Crippen molar-refractivity contribution in [3.05, 3.63) is 35.9 Å². The zero-order valence-corrected chi connectivity index (χ0v) is 13.5. The predicted molar refractivity (Wildman–Crippen MR) is 85.8 cm³/mol. The highest BCUT2D eigenvalue weighted by molar-refractivity contribution is 5.14. The van der Waals surface area contributed by atoms with E-state index in [4.69, 9.17) is 14.2 Å². The summed E-state index contributed by atoms with van der Waals surface area (Å²) in [5, 5.41) is 10.5. The van der Waals surface area contributed by atoms with Gasteiger partial charge in [-0.25, -0.2) is 0 Å². The summed E-state index contributed by atoms with van der Waals surface area (Å²) < 4.78 is 18.2. The Bertz CT molecular complexity index is 511. The normalized spacial score (nSPS) is 35.5. The van der Waals surface area contributed by atoms with Gasteiger partial charge in [0.2, 0.25) is 0 Å². The third-order valence-corrected chi connectivity index (χ3v) is 5.39. The molecule has 0 amide bonds. The first-order valence-electron chi connectivity index (χ1n) is 8.99. The quantitative estimate of drug-likeness (QED) is 0.926. The van der Waals surface area contributed by atoms with E-state index in [0.29, 0.717) is 0 Å². The molecule has 4 heteroatoms. The predicted octanol–water partition coefficient (Wildman–Crippen LogP) is 3.17. The molecule has 3 fully saturated rings. The molecule has 0 bridgehead atoms. The van der Waals surface area contributed by atoms with Crippen LogP contribution in [0.1, 0.15) is 50.5 Å². The lowest BCUT2D eigenvalue weighted by Crippen LogP contribution is -2.38. The first kappa shape index (κ1) is 15.6. The fourth-order valence-electron chi connectivity index (χ4n) is 4.13. The van der Waals surface area contributed by atoms with Crippen molar-refractivity contribution < 1.29 is 19.3 Å². The molecule has 1 N–H and O–H groups in total. The Morgan fingerprint density at radius 3 is 2.57 bits per heavy atom. The van der Waals surface area contributed by atoms with Gasteiger partial charge in [0, 0.05) is 12.8 Å². The van der Waals surface area contributed by atoms with Gasteiger partial charge in [0.25, 0.3) is 0 Å². The molecule has 4 rings (SSSR count). The minimum atomic E-state index is -0.572. The first-order valence-corrected chi connectivity index (χ1v) is 8.99. The lowest BCUT2D eigenvalue weighted by atomic mass is 9.94. The molecule has 1 aliphatic carbocycles. The number of hydrogen-bond donors (Lipinski definition) is 1. The van der Waals surface area contributed by atoms with Crippen LogP contribution in [0.5, 0.6) is 0 Å². The van der Waals surface area contributed by atoms with Gasteiger partial charge in [0.05, 0.1) is 6.10 Å². The number of fused-ring (bicyclic) bond motifs is 1. The summed E-state index contributed by atoms with van der Waals surface area (Å²) in [7, 11) is 0. The molecule has 1 spiro atoms. The molecule has 4 atom stereocenters. The Morgan fingerprint density at radius 1 is 1.04 bits per heavy atom. The van der Waals surface area contributed by atoms with Crippen LogP contribution in [0, 0.1) is 0 Å². The van der Waals surface area contributed by atoms with E-state index in [9.17, 15) is 5.11 Å². The van der Waals surface area contributed by atoms with Crippen LogP contribution in [0.2, 0.25) is 0 Å². The molecule has 1 aromatic rings. The van der Waals surface area contributed by atoms with E-state index in [-0.39, 0.29) is 18.5 Å². The van der Waals surface area contributed by atoms with Gasteiger partial charge in [-0.15, -0.1) is 0 Å². The average molecular weight is 318 g/mol. The lowest BCUT2D eigenvalue weighted by molar-refractivity contribution is -0.246. The van der Waals surface area contributed by atoms with Crippen molar-refractivity contribution in [3.8, 4) is 0 Å². The van der Waals surface area contributed by atoms with Gasteiger partial charge in [-0.1, -0.05) is 36.8 Å². The standard InChI is InChI=1S/C19H26O4/c20-16-15(11-7-10-14-8-3-1-4-9-14)21-18-17(16)22-19(23-18)12-5-2-6-13-19/h1,3-4,8-9,15-18,20H,2,5-7,10-13H2/t15-,16+,17-,18-/m1/s1. The van der Waals surface area contributed by atoms with Crippen LogP contribution in [0.3, 0.4) is 0 Å². The molecule has 3 aliphatic rings. The zero-order valence-electron chi connectivity index (χ0n) is 13.5. The average Bonchev–Trinajstić information content (AvgIpc) is 3.05. The van der Waals surface area contributed by atoms with Gasteiger partial charge >= 0.3 is 0 Å². The molecule has 126 valence electrons. The molecule has 23 heavy (non-hydrogen) atoms. The van der Waals surface area contributed by atoms with E-state index in [1.807, 2.05) is 6.07 Å². The smallest absolute Gasteiger partial charge is 0.190 e. The van der Waals surface area contributed by atoms with Crippen LogP contribution < -0.4 is 0 Å². The van der Waals surface area contributed by atoms with Crippen molar-refractivity contribution in [1.29, 1.82) is 0 Å². The van der Waals surface area contributed by atoms with Crippen LogP contribution in [0.15, 0.2) is 30.3 Å². The highest BCUT2D eigenvalue weighted by atomic mass is 16.8. The van der Waals surface area contributed by atoms with Gasteiger partial charge in [0.1, 0.15) is 12.2 Å². The highest BCUT2D eigenvalue weighted by Crippen LogP contribution is 2.45. The van der Waals surface area contributed by atoms with Crippen molar-refractivity contribution in [1.82, 2.24) is 0 Å². The molecule has 4 nitrogen and oxygen atoms in total. The van der Waals surface area contributed by atoms with Crippen LogP contribution in [0.25, 0.3) is 0 Å². The Hall–Kier alpha value is -0.940. The number of benzene rings is 1. The van der Waals surface area contributed by atoms with Gasteiger partial charge in [-0.05, 0) is 37.7 Å². The van der Waals surface area contributed by atoms with Gasteiger partial charge in [0.15, 0.2) is 12.1 Å². The summed E-state index contributed by atoms with van der Waals surface area (Å²) in [5.74, 6) is -0.483. The molecule has 0 aromatic heterocycles. The molecule has 1 saturated carbocycles. The van der Waals surface area contributed by atoms with E-state index in [1.165, 1.54) is 12.0 Å². The Morgan fingerprint density at radius 2 is 1.83 bits per heavy atom. The topological polar surface area (TPSA) is 47.9 Å². The summed E-state index contributed by atoms with van der Waals surface area (Å²) in [4.78, 5) is 0. The second kappa shape index (κ2) is 6.52. The van der Waals surface area contributed by atoms with Crippen molar-refractivity contribution >= 4 is 0 Å². The third kappa shape index (κ3) is 3.18. The largest absolute Gasteiger partial charge is 0.387 e. The molecule has 2 saturated heterocycles. The maximum atomic E-state index is 10.5. The maximum absolute atomic E-state index is 10.5. The van der Waals surface area contributed by atoms with E-state index < -0.39 is 11.9 Å². The number of aryl methyl sites for hydroxylation is 1. The summed E-state index contributed by atoms with van der Waals surface area (Å²) in [6.45, 7) is 0. The van der Waals surface area contributed by atoms with Crippen LogP contribution in [0.4, 0.5) is 0 Å². The highest BCUT2D eigenvalue weighted by Gasteiger charge is 2.57. The van der Waals surface area contributed by atoms with E-state index in [2.05, 4.69) is 24.3 Å².